The van der Waals surface area contributed by atoms with Gasteiger partial charge in [-0.15, -0.1) is 0 Å². The normalized spacial score (nSPS) is 21.2. The van der Waals surface area contributed by atoms with E-state index < -0.39 is 0 Å². The van der Waals surface area contributed by atoms with E-state index in [4.69, 9.17) is 0 Å². The molecule has 1 aliphatic rings. The van der Waals surface area contributed by atoms with E-state index in [1.165, 1.54) is 0 Å². The fourth-order valence-corrected chi connectivity index (χ4v) is 3.08. The van der Waals surface area contributed by atoms with Crippen LogP contribution >= 0.6 is 0 Å². The molecule has 116 valence electrons. The first-order valence-electron chi connectivity index (χ1n) is 7.53. The molecule has 21 heavy (non-hydrogen) atoms. The minimum atomic E-state index is -0.349. The van der Waals surface area contributed by atoms with Crippen molar-refractivity contribution in [2.75, 3.05) is 30.3 Å². The van der Waals surface area contributed by atoms with Crippen LogP contribution in [0.1, 0.15) is 26.2 Å². The highest BCUT2D eigenvalue weighted by molar-refractivity contribution is 5.76. The van der Waals surface area contributed by atoms with Crippen LogP contribution < -0.4 is 10.6 Å². The smallest absolute Gasteiger partial charge is 0.315 e. The van der Waals surface area contributed by atoms with Crippen LogP contribution in [0.15, 0.2) is 18.2 Å². The van der Waals surface area contributed by atoms with E-state index in [1.807, 2.05) is 13.0 Å². The lowest BCUT2D eigenvalue weighted by molar-refractivity contribution is -0.383. The second-order valence-corrected chi connectivity index (χ2v) is 5.50. The molecule has 0 radical (unpaired) electrons. The minimum Gasteiger partial charge on any atom is -0.396 e. The van der Waals surface area contributed by atoms with Crippen molar-refractivity contribution in [2.24, 2.45) is 11.8 Å². The van der Waals surface area contributed by atoms with Gasteiger partial charge in [-0.05, 0) is 43.7 Å². The maximum absolute atomic E-state index is 11.3. The van der Waals surface area contributed by atoms with Gasteiger partial charge in [-0.3, -0.25) is 10.1 Å². The van der Waals surface area contributed by atoms with E-state index in [2.05, 4.69) is 10.6 Å². The summed E-state index contributed by atoms with van der Waals surface area (Å²) in [5, 5.41) is 26.9. The van der Waals surface area contributed by atoms with Crippen molar-refractivity contribution in [2.45, 2.75) is 26.2 Å². The summed E-state index contributed by atoms with van der Waals surface area (Å²) in [6, 6.07) is 5.27. The Balaban J connectivity index is 2.12. The molecular weight excluding hydrogens is 270 g/mol. The monoisotopic (exact) mass is 293 g/mol. The number of aliphatic hydroxyl groups excluding tert-OH is 1. The third kappa shape index (κ3) is 3.64. The van der Waals surface area contributed by atoms with Crippen molar-refractivity contribution >= 4 is 17.1 Å². The zero-order valence-electron chi connectivity index (χ0n) is 12.3. The van der Waals surface area contributed by atoms with Crippen LogP contribution in [0, 0.1) is 22.0 Å². The van der Waals surface area contributed by atoms with Crippen LogP contribution in [0.2, 0.25) is 0 Å². The fourth-order valence-electron chi connectivity index (χ4n) is 3.08. The summed E-state index contributed by atoms with van der Waals surface area (Å²) in [5.74, 6) is 0.700. The molecule has 2 rings (SSSR count). The molecule has 1 saturated carbocycles. The molecule has 1 aromatic rings. The topological polar surface area (TPSA) is 87.4 Å². The zero-order chi connectivity index (χ0) is 15.2. The number of nitrogens with zero attached hydrogens (tertiary/aromatic N) is 1. The molecule has 2 unspecified atom stereocenters. The van der Waals surface area contributed by atoms with Gasteiger partial charge in [0.2, 0.25) is 0 Å². The molecule has 1 fully saturated rings. The number of nitro groups is 1. The van der Waals surface area contributed by atoms with Gasteiger partial charge >= 0.3 is 5.69 Å². The van der Waals surface area contributed by atoms with Crippen LogP contribution in [0.25, 0.3) is 0 Å². The largest absolute Gasteiger partial charge is 0.396 e. The summed E-state index contributed by atoms with van der Waals surface area (Å²) in [5.41, 5.74) is 1.18. The number of aliphatic hydroxyl groups is 1. The molecule has 0 aromatic heterocycles. The van der Waals surface area contributed by atoms with Crippen molar-refractivity contribution in [1.29, 1.82) is 0 Å². The first-order valence-corrected chi connectivity index (χ1v) is 7.53. The molecule has 6 heteroatoms. The molecule has 6 nitrogen and oxygen atoms in total. The van der Waals surface area contributed by atoms with Gasteiger partial charge in [0.1, 0.15) is 11.4 Å². The highest BCUT2D eigenvalue weighted by Crippen LogP contribution is 2.35. The van der Waals surface area contributed by atoms with E-state index in [1.54, 1.807) is 12.1 Å². The number of benzene rings is 1. The first kappa shape index (κ1) is 15.6. The predicted octanol–water partition coefficient (Wildman–Crippen LogP) is 2.85. The first-order chi connectivity index (χ1) is 10.2. The molecule has 3 N–H and O–H groups in total. The van der Waals surface area contributed by atoms with E-state index in [9.17, 15) is 15.2 Å². The number of para-hydroxylation sites is 1. The molecule has 0 spiro atoms. The van der Waals surface area contributed by atoms with Crippen LogP contribution in [-0.2, 0) is 0 Å². The minimum absolute atomic E-state index is 0.0953. The summed E-state index contributed by atoms with van der Waals surface area (Å²) in [7, 11) is 0. The van der Waals surface area contributed by atoms with Crippen LogP contribution in [0.5, 0.6) is 0 Å². The lowest BCUT2D eigenvalue weighted by Crippen LogP contribution is -2.21. The van der Waals surface area contributed by atoms with Gasteiger partial charge in [0, 0.05) is 19.7 Å². The third-order valence-electron chi connectivity index (χ3n) is 4.19. The lowest BCUT2D eigenvalue weighted by atomic mass is 9.97. The summed E-state index contributed by atoms with van der Waals surface area (Å²) in [6.07, 6.45) is 3.23. The maximum atomic E-state index is 11.3. The Morgan fingerprint density at radius 1 is 1.29 bits per heavy atom. The van der Waals surface area contributed by atoms with Gasteiger partial charge in [-0.2, -0.15) is 0 Å². The Morgan fingerprint density at radius 2 is 1.95 bits per heavy atom. The van der Waals surface area contributed by atoms with Gasteiger partial charge in [-0.25, -0.2) is 0 Å². The van der Waals surface area contributed by atoms with Crippen molar-refractivity contribution < 1.29 is 10.0 Å². The Kier molecular flexibility index (Phi) is 5.38. The van der Waals surface area contributed by atoms with Gasteiger partial charge in [0.25, 0.3) is 0 Å². The molecule has 0 bridgehead atoms. The highest BCUT2D eigenvalue weighted by atomic mass is 16.6. The molecule has 0 aliphatic heterocycles. The summed E-state index contributed by atoms with van der Waals surface area (Å²) < 4.78 is 0. The zero-order valence-corrected chi connectivity index (χ0v) is 12.3. The molecule has 1 aliphatic carbocycles. The Hall–Kier alpha value is -1.82. The molecule has 0 amide bonds. The summed E-state index contributed by atoms with van der Waals surface area (Å²) in [4.78, 5) is 11.0. The molecule has 2 atom stereocenters. The summed E-state index contributed by atoms with van der Waals surface area (Å²) >= 11 is 0. The number of nitro benzene ring substituents is 1. The van der Waals surface area contributed by atoms with Gasteiger partial charge in [0.05, 0.1) is 4.92 Å². The Labute approximate surface area is 124 Å². The van der Waals surface area contributed by atoms with Crippen molar-refractivity contribution in [1.82, 2.24) is 0 Å². The van der Waals surface area contributed by atoms with E-state index in [0.717, 1.165) is 19.3 Å². The fraction of sp³-hybridized carbons (Fsp3) is 0.600. The second-order valence-electron chi connectivity index (χ2n) is 5.50. The Bertz CT molecular complexity index is 493. The molecule has 1 aromatic carbocycles. The van der Waals surface area contributed by atoms with Gasteiger partial charge < -0.3 is 15.7 Å². The van der Waals surface area contributed by atoms with Gasteiger partial charge in [-0.1, -0.05) is 12.5 Å². The van der Waals surface area contributed by atoms with Gasteiger partial charge in [0.15, 0.2) is 0 Å². The van der Waals surface area contributed by atoms with Crippen molar-refractivity contribution in [3.63, 3.8) is 0 Å². The Morgan fingerprint density at radius 3 is 2.57 bits per heavy atom. The number of hydrogen-bond donors (Lipinski definition) is 3. The molecular formula is C15H23N3O3. The second kappa shape index (κ2) is 7.26. The standard InChI is InChI=1S/C15H23N3O3/c1-2-16-13-7-4-8-14(15(13)18(20)21)17-9-11-5-3-6-12(11)10-19/h4,7-8,11-12,16-17,19H,2-3,5-6,9-10H2,1H3. The number of hydrogen-bond acceptors (Lipinski definition) is 5. The van der Waals surface area contributed by atoms with Crippen LogP contribution in [-0.4, -0.2) is 29.7 Å². The number of nitrogens with one attached hydrogen (secondary N) is 2. The van der Waals surface area contributed by atoms with Crippen molar-refractivity contribution in [3.8, 4) is 0 Å². The van der Waals surface area contributed by atoms with Crippen LogP contribution in [0.4, 0.5) is 17.1 Å². The molecule has 0 heterocycles. The lowest BCUT2D eigenvalue weighted by Gasteiger charge is -2.19. The quantitative estimate of drug-likeness (QED) is 0.531. The van der Waals surface area contributed by atoms with E-state index >= 15 is 0 Å². The SMILES string of the molecule is CCNc1cccc(NCC2CCCC2CO)c1[N+](=O)[O-]. The van der Waals surface area contributed by atoms with E-state index in [-0.39, 0.29) is 17.2 Å². The van der Waals surface area contributed by atoms with E-state index in [0.29, 0.717) is 36.3 Å². The predicted molar refractivity (Wildman–Crippen MR) is 83.7 cm³/mol. The van der Waals surface area contributed by atoms with Crippen LogP contribution in [0.3, 0.4) is 0 Å². The highest BCUT2D eigenvalue weighted by Gasteiger charge is 2.27. The average molecular weight is 293 g/mol. The maximum Gasteiger partial charge on any atom is 0.315 e. The number of anilines is 2. The van der Waals surface area contributed by atoms with Crippen molar-refractivity contribution in [3.05, 3.63) is 28.3 Å². The number of rotatable bonds is 7. The average Bonchev–Trinajstić information content (AvgIpc) is 2.92. The molecule has 0 saturated heterocycles. The third-order valence-corrected chi connectivity index (χ3v) is 4.19. The summed E-state index contributed by atoms with van der Waals surface area (Å²) in [6.45, 7) is 3.42.